The van der Waals surface area contributed by atoms with E-state index < -0.39 is 6.10 Å². The molecule has 0 radical (unpaired) electrons. The number of aliphatic hydroxyl groups excluding tert-OH is 1. The largest absolute Gasteiger partial charge is 0.388 e. The zero-order valence-electron chi connectivity index (χ0n) is 10.7. The second-order valence-corrected chi connectivity index (χ2v) is 5.63. The van der Waals surface area contributed by atoms with Gasteiger partial charge in [-0.15, -0.1) is 12.4 Å². The first-order chi connectivity index (χ1) is 9.13. The Labute approximate surface area is 138 Å². The van der Waals surface area contributed by atoms with Gasteiger partial charge in [-0.05, 0) is 39.2 Å². The summed E-state index contributed by atoms with van der Waals surface area (Å²) in [6.45, 7) is 0.355. The highest BCUT2D eigenvalue weighted by atomic mass is 79.9. The van der Waals surface area contributed by atoms with Gasteiger partial charge in [0, 0.05) is 16.9 Å². The van der Waals surface area contributed by atoms with E-state index in [4.69, 9.17) is 17.3 Å². The summed E-state index contributed by atoms with van der Waals surface area (Å²) in [6.07, 6.45) is -0.636. The first-order valence-corrected chi connectivity index (χ1v) is 7.18. The van der Waals surface area contributed by atoms with Crippen molar-refractivity contribution in [2.75, 3.05) is 6.54 Å². The lowest BCUT2D eigenvalue weighted by molar-refractivity contribution is 0.147. The lowest BCUT2D eigenvalue weighted by atomic mass is 9.89. The molecule has 0 aliphatic heterocycles. The van der Waals surface area contributed by atoms with Crippen molar-refractivity contribution in [2.45, 2.75) is 12.0 Å². The second-order valence-electron chi connectivity index (χ2n) is 4.37. The van der Waals surface area contributed by atoms with Gasteiger partial charge in [0.1, 0.15) is 0 Å². The molecule has 0 aliphatic rings. The third kappa shape index (κ3) is 3.96. The maximum Gasteiger partial charge on any atom is 0.0870 e. The molecule has 5 heteroatoms. The van der Waals surface area contributed by atoms with Crippen LogP contribution in [0.15, 0.2) is 53.0 Å². The summed E-state index contributed by atoms with van der Waals surface area (Å²) in [7, 11) is 0. The molecule has 0 spiro atoms. The Morgan fingerprint density at radius 3 is 2.30 bits per heavy atom. The maximum atomic E-state index is 10.5. The summed E-state index contributed by atoms with van der Waals surface area (Å²) < 4.78 is 0.836. The highest BCUT2D eigenvalue weighted by Crippen LogP contribution is 2.33. The minimum atomic E-state index is -0.636. The van der Waals surface area contributed by atoms with E-state index in [2.05, 4.69) is 15.9 Å². The summed E-state index contributed by atoms with van der Waals surface area (Å²) in [5.41, 5.74) is 7.61. The summed E-state index contributed by atoms with van der Waals surface area (Å²) in [4.78, 5) is 0. The van der Waals surface area contributed by atoms with Gasteiger partial charge in [0.25, 0.3) is 0 Å². The van der Waals surface area contributed by atoms with Crippen LogP contribution in [0.5, 0.6) is 0 Å². The summed E-state index contributed by atoms with van der Waals surface area (Å²) in [6, 6.07) is 15.2. The van der Waals surface area contributed by atoms with Gasteiger partial charge in [0.05, 0.1) is 11.1 Å². The normalized spacial score (nSPS) is 13.4. The van der Waals surface area contributed by atoms with E-state index in [1.54, 1.807) is 0 Å². The predicted octanol–water partition coefficient (Wildman–Crippen LogP) is 4.30. The molecule has 108 valence electrons. The first kappa shape index (κ1) is 17.5. The molecule has 2 atom stereocenters. The van der Waals surface area contributed by atoms with Crippen molar-refractivity contribution in [1.29, 1.82) is 0 Å². The lowest BCUT2D eigenvalue weighted by Crippen LogP contribution is -2.20. The average molecular weight is 377 g/mol. The van der Waals surface area contributed by atoms with Crippen LogP contribution in [0.3, 0.4) is 0 Å². The predicted molar refractivity (Wildman–Crippen MR) is 89.6 cm³/mol. The van der Waals surface area contributed by atoms with E-state index in [9.17, 15) is 5.11 Å². The quantitative estimate of drug-likeness (QED) is 0.835. The molecule has 2 nitrogen and oxygen atoms in total. The number of benzene rings is 2. The molecule has 3 N–H and O–H groups in total. The van der Waals surface area contributed by atoms with Gasteiger partial charge < -0.3 is 10.8 Å². The Morgan fingerprint density at radius 1 is 1.10 bits per heavy atom. The van der Waals surface area contributed by atoms with E-state index in [0.29, 0.717) is 11.6 Å². The smallest absolute Gasteiger partial charge is 0.0870 e. The molecule has 2 rings (SSSR count). The fourth-order valence-electron chi connectivity index (χ4n) is 2.07. The van der Waals surface area contributed by atoms with Gasteiger partial charge in [-0.3, -0.25) is 0 Å². The zero-order valence-corrected chi connectivity index (χ0v) is 13.8. The summed E-state index contributed by atoms with van der Waals surface area (Å²) in [5, 5.41) is 11.1. The molecule has 0 saturated heterocycles. The van der Waals surface area contributed by atoms with Crippen LogP contribution in [0.2, 0.25) is 5.02 Å². The highest BCUT2D eigenvalue weighted by molar-refractivity contribution is 9.10. The van der Waals surface area contributed by atoms with Crippen molar-refractivity contribution < 1.29 is 5.11 Å². The minimum Gasteiger partial charge on any atom is -0.388 e. The van der Waals surface area contributed by atoms with E-state index >= 15 is 0 Å². The molecule has 0 aliphatic carbocycles. The number of aliphatic hydroxyl groups is 1. The lowest BCUT2D eigenvalue weighted by Gasteiger charge is -2.22. The molecule has 0 heterocycles. The SMILES string of the molecule is Cl.NCC(c1ccc(Br)c(Cl)c1)C(O)c1ccccc1. The van der Waals surface area contributed by atoms with Crippen molar-refractivity contribution in [3.8, 4) is 0 Å². The molecule has 0 aromatic heterocycles. The minimum absolute atomic E-state index is 0. The topological polar surface area (TPSA) is 46.2 Å². The van der Waals surface area contributed by atoms with Crippen molar-refractivity contribution >= 4 is 39.9 Å². The standard InChI is InChI=1S/C15H15BrClNO.ClH/c16-13-7-6-11(8-14(13)17)12(9-18)15(19)10-4-2-1-3-5-10;/h1-8,12,15,19H,9,18H2;1H. The summed E-state index contributed by atoms with van der Waals surface area (Å²) >= 11 is 9.45. The number of halogens is 3. The van der Waals surface area contributed by atoms with Crippen molar-refractivity contribution in [3.05, 3.63) is 69.2 Å². The van der Waals surface area contributed by atoms with Crippen molar-refractivity contribution in [1.82, 2.24) is 0 Å². The second kappa shape index (κ2) is 8.01. The molecule has 0 bridgehead atoms. The van der Waals surface area contributed by atoms with Crippen LogP contribution in [-0.4, -0.2) is 11.7 Å². The molecule has 0 fully saturated rings. The van der Waals surface area contributed by atoms with E-state index in [1.807, 2.05) is 48.5 Å². The Hall–Kier alpha value is -0.580. The molecule has 20 heavy (non-hydrogen) atoms. The van der Waals surface area contributed by atoms with Gasteiger partial charge in [0.15, 0.2) is 0 Å². The third-order valence-electron chi connectivity index (χ3n) is 3.15. The van der Waals surface area contributed by atoms with Crippen molar-refractivity contribution in [2.24, 2.45) is 5.73 Å². The van der Waals surface area contributed by atoms with Crippen LogP contribution >= 0.6 is 39.9 Å². The fraction of sp³-hybridized carbons (Fsp3) is 0.200. The molecular formula is C15H16BrCl2NO. The van der Waals surface area contributed by atoms with Crippen LogP contribution in [0.1, 0.15) is 23.1 Å². The van der Waals surface area contributed by atoms with Gasteiger partial charge in [0.2, 0.25) is 0 Å². The molecule has 2 aromatic rings. The van der Waals surface area contributed by atoms with E-state index in [1.165, 1.54) is 0 Å². The monoisotopic (exact) mass is 375 g/mol. The molecule has 0 amide bonds. The van der Waals surface area contributed by atoms with Gasteiger partial charge in [-0.25, -0.2) is 0 Å². The van der Waals surface area contributed by atoms with E-state index in [-0.39, 0.29) is 18.3 Å². The van der Waals surface area contributed by atoms with Gasteiger partial charge >= 0.3 is 0 Å². The maximum absolute atomic E-state index is 10.5. The van der Waals surface area contributed by atoms with Gasteiger partial charge in [-0.1, -0.05) is 48.0 Å². The Kier molecular flexibility index (Phi) is 7.00. The number of hydrogen-bond acceptors (Lipinski definition) is 2. The Bertz CT molecular complexity index is 551. The number of rotatable bonds is 4. The van der Waals surface area contributed by atoms with Crippen LogP contribution in [-0.2, 0) is 0 Å². The zero-order chi connectivity index (χ0) is 13.8. The van der Waals surface area contributed by atoms with Crippen LogP contribution in [0.4, 0.5) is 0 Å². The van der Waals surface area contributed by atoms with Crippen LogP contribution < -0.4 is 5.73 Å². The first-order valence-electron chi connectivity index (χ1n) is 6.01. The average Bonchev–Trinajstić information content (AvgIpc) is 2.44. The molecule has 2 unspecified atom stereocenters. The Balaban J connectivity index is 0.00000200. The molecule has 2 aromatic carbocycles. The molecule has 0 saturated carbocycles. The number of nitrogens with two attached hydrogens (primary N) is 1. The summed E-state index contributed by atoms with van der Waals surface area (Å²) in [5.74, 6) is -0.173. The van der Waals surface area contributed by atoms with Crippen LogP contribution in [0, 0.1) is 0 Å². The van der Waals surface area contributed by atoms with Crippen molar-refractivity contribution in [3.63, 3.8) is 0 Å². The number of hydrogen-bond donors (Lipinski definition) is 2. The van der Waals surface area contributed by atoms with Gasteiger partial charge in [-0.2, -0.15) is 0 Å². The Morgan fingerprint density at radius 2 is 1.75 bits per heavy atom. The van der Waals surface area contributed by atoms with E-state index in [0.717, 1.165) is 15.6 Å². The van der Waals surface area contributed by atoms with Crippen LogP contribution in [0.25, 0.3) is 0 Å². The molecular weight excluding hydrogens is 361 g/mol. The highest BCUT2D eigenvalue weighted by Gasteiger charge is 2.21. The third-order valence-corrected chi connectivity index (χ3v) is 4.38. The fourth-order valence-corrected chi connectivity index (χ4v) is 2.51.